The fourth-order valence-electron chi connectivity index (χ4n) is 2.97. The Kier molecular flexibility index (Phi) is 3.53. The number of nitrogens with zero attached hydrogens (tertiary/aromatic N) is 4. The number of hydrogen-bond acceptors (Lipinski definition) is 5. The van der Waals surface area contributed by atoms with Gasteiger partial charge in [-0.15, -0.1) is 5.10 Å². The molecule has 1 saturated carbocycles. The molecule has 0 radical (unpaired) electrons. The molecule has 1 fully saturated rings. The summed E-state index contributed by atoms with van der Waals surface area (Å²) in [7, 11) is 1.61. The van der Waals surface area contributed by atoms with Gasteiger partial charge in [0, 0.05) is 0 Å². The average Bonchev–Trinajstić information content (AvgIpc) is 3.07. The molecule has 1 aliphatic rings. The number of methoxy groups -OCH3 is 1. The smallest absolute Gasteiger partial charge is 0.185 e. The van der Waals surface area contributed by atoms with Crippen LogP contribution in [0.15, 0.2) is 18.2 Å². The van der Waals surface area contributed by atoms with Crippen LogP contribution in [0, 0.1) is 5.41 Å². The minimum absolute atomic E-state index is 0.381. The van der Waals surface area contributed by atoms with Gasteiger partial charge in [0.05, 0.1) is 24.9 Å². The lowest BCUT2D eigenvalue weighted by Gasteiger charge is -2.15. The minimum atomic E-state index is 0.381. The van der Waals surface area contributed by atoms with E-state index >= 15 is 0 Å². The van der Waals surface area contributed by atoms with Gasteiger partial charge in [-0.3, -0.25) is 0 Å². The second-order valence-electron chi connectivity index (χ2n) is 5.84. The van der Waals surface area contributed by atoms with Crippen LogP contribution in [0.4, 0.5) is 5.69 Å². The third-order valence-corrected chi connectivity index (χ3v) is 4.25. The van der Waals surface area contributed by atoms with Gasteiger partial charge < -0.3 is 10.5 Å². The van der Waals surface area contributed by atoms with Crippen LogP contribution in [-0.2, 0) is 6.54 Å². The van der Waals surface area contributed by atoms with Gasteiger partial charge in [0.2, 0.25) is 0 Å². The van der Waals surface area contributed by atoms with Crippen molar-refractivity contribution in [3.63, 3.8) is 0 Å². The number of aromatic nitrogens is 4. The summed E-state index contributed by atoms with van der Waals surface area (Å²) in [4.78, 5) is 0. The number of rotatable bonds is 6. The Hall–Kier alpha value is -2.11. The van der Waals surface area contributed by atoms with Crippen LogP contribution in [0.2, 0.25) is 0 Å². The van der Waals surface area contributed by atoms with Gasteiger partial charge in [-0.1, -0.05) is 19.4 Å². The number of para-hydroxylation sites is 1. The van der Waals surface area contributed by atoms with Crippen LogP contribution in [-0.4, -0.2) is 27.3 Å². The lowest BCUT2D eigenvalue weighted by atomic mass is 10.0. The van der Waals surface area contributed by atoms with Gasteiger partial charge in [-0.05, 0) is 47.2 Å². The lowest BCUT2D eigenvalue weighted by molar-refractivity contribution is 0.364. The number of tetrazole rings is 1. The predicted octanol–water partition coefficient (Wildman–Crippen LogP) is 2.51. The van der Waals surface area contributed by atoms with E-state index in [1.807, 2.05) is 22.9 Å². The summed E-state index contributed by atoms with van der Waals surface area (Å²) in [6.07, 6.45) is 4.93. The first-order valence-electron chi connectivity index (χ1n) is 7.38. The van der Waals surface area contributed by atoms with E-state index in [1.165, 1.54) is 25.7 Å². The van der Waals surface area contributed by atoms with E-state index in [4.69, 9.17) is 10.5 Å². The first kappa shape index (κ1) is 13.9. The summed E-state index contributed by atoms with van der Waals surface area (Å²) in [6.45, 7) is 3.09. The Balaban J connectivity index is 1.94. The minimum Gasteiger partial charge on any atom is -0.494 e. The Bertz CT molecular complexity index is 633. The molecule has 1 aliphatic carbocycles. The standard InChI is InChI=1S/C15H21N5O/c1-3-7-15(8-9-15)10-20-14(17-18-19-20)11-5-4-6-12(16)13(11)21-2/h4-6H,3,7-10,16H2,1-2H3. The monoisotopic (exact) mass is 287 g/mol. The molecule has 1 aromatic carbocycles. The van der Waals surface area contributed by atoms with E-state index in [1.54, 1.807) is 7.11 Å². The van der Waals surface area contributed by atoms with E-state index in [-0.39, 0.29) is 0 Å². The van der Waals surface area contributed by atoms with Crippen LogP contribution in [0.1, 0.15) is 32.6 Å². The highest BCUT2D eigenvalue weighted by molar-refractivity contribution is 5.73. The zero-order valence-electron chi connectivity index (χ0n) is 12.5. The quantitative estimate of drug-likeness (QED) is 0.826. The largest absolute Gasteiger partial charge is 0.494 e. The van der Waals surface area contributed by atoms with Crippen LogP contribution in [0.3, 0.4) is 0 Å². The topological polar surface area (TPSA) is 78.9 Å². The summed E-state index contributed by atoms with van der Waals surface area (Å²) in [5, 5.41) is 12.2. The van der Waals surface area contributed by atoms with Crippen molar-refractivity contribution in [3.05, 3.63) is 18.2 Å². The Morgan fingerprint density at radius 1 is 1.38 bits per heavy atom. The maximum absolute atomic E-state index is 5.97. The van der Waals surface area contributed by atoms with Crippen LogP contribution in [0.25, 0.3) is 11.4 Å². The average molecular weight is 287 g/mol. The van der Waals surface area contributed by atoms with E-state index < -0.39 is 0 Å². The van der Waals surface area contributed by atoms with Gasteiger partial charge in [-0.2, -0.15) is 0 Å². The van der Waals surface area contributed by atoms with Crippen molar-refractivity contribution < 1.29 is 4.74 Å². The fraction of sp³-hybridized carbons (Fsp3) is 0.533. The number of nitrogens with two attached hydrogens (primary N) is 1. The molecule has 6 heteroatoms. The summed E-state index contributed by atoms with van der Waals surface area (Å²) in [5.41, 5.74) is 7.79. The molecule has 0 bridgehead atoms. The van der Waals surface area contributed by atoms with Crippen LogP contribution < -0.4 is 10.5 Å². The first-order chi connectivity index (χ1) is 10.2. The highest BCUT2D eigenvalue weighted by atomic mass is 16.5. The van der Waals surface area contributed by atoms with E-state index in [0.717, 1.165) is 17.9 Å². The highest BCUT2D eigenvalue weighted by Crippen LogP contribution is 2.51. The number of benzene rings is 1. The Labute approximate surface area is 124 Å². The molecule has 2 aromatic rings. The van der Waals surface area contributed by atoms with E-state index in [9.17, 15) is 0 Å². The molecule has 0 atom stereocenters. The van der Waals surface area contributed by atoms with Gasteiger partial charge in [0.15, 0.2) is 11.6 Å². The second-order valence-corrected chi connectivity index (χ2v) is 5.84. The highest BCUT2D eigenvalue weighted by Gasteiger charge is 2.42. The van der Waals surface area contributed by atoms with Crippen molar-refractivity contribution in [2.75, 3.05) is 12.8 Å². The summed E-state index contributed by atoms with van der Waals surface area (Å²) in [6, 6.07) is 5.65. The van der Waals surface area contributed by atoms with Crippen molar-refractivity contribution in [2.45, 2.75) is 39.2 Å². The van der Waals surface area contributed by atoms with E-state index in [2.05, 4.69) is 22.4 Å². The maximum atomic E-state index is 5.97. The van der Waals surface area contributed by atoms with Crippen LogP contribution >= 0.6 is 0 Å². The SMILES string of the molecule is CCCC1(Cn2nnnc2-c2cccc(N)c2OC)CC1. The molecular formula is C15H21N5O. The Morgan fingerprint density at radius 2 is 2.19 bits per heavy atom. The van der Waals surface area contributed by atoms with Gasteiger partial charge >= 0.3 is 0 Å². The molecule has 3 rings (SSSR count). The third-order valence-electron chi connectivity index (χ3n) is 4.25. The molecule has 112 valence electrons. The maximum Gasteiger partial charge on any atom is 0.185 e. The van der Waals surface area contributed by atoms with Crippen LogP contribution in [0.5, 0.6) is 5.75 Å². The zero-order valence-corrected chi connectivity index (χ0v) is 12.5. The molecule has 2 N–H and O–H groups in total. The number of nitrogen functional groups attached to an aromatic ring is 1. The molecule has 0 saturated heterocycles. The van der Waals surface area contributed by atoms with Crippen molar-refractivity contribution in [2.24, 2.45) is 5.41 Å². The molecule has 6 nitrogen and oxygen atoms in total. The molecule has 0 spiro atoms. The molecular weight excluding hydrogens is 266 g/mol. The lowest BCUT2D eigenvalue weighted by Crippen LogP contribution is -2.14. The van der Waals surface area contributed by atoms with Crippen molar-refractivity contribution >= 4 is 5.69 Å². The molecule has 0 aliphatic heterocycles. The van der Waals surface area contributed by atoms with Crippen molar-refractivity contribution in [1.29, 1.82) is 0 Å². The summed E-state index contributed by atoms with van der Waals surface area (Å²) < 4.78 is 7.30. The molecule has 21 heavy (non-hydrogen) atoms. The Morgan fingerprint density at radius 3 is 2.86 bits per heavy atom. The number of ether oxygens (including phenoxy) is 1. The van der Waals surface area contributed by atoms with E-state index in [0.29, 0.717) is 16.9 Å². The van der Waals surface area contributed by atoms with Gasteiger partial charge in [0.1, 0.15) is 0 Å². The number of hydrogen-bond donors (Lipinski definition) is 1. The molecule has 1 heterocycles. The first-order valence-corrected chi connectivity index (χ1v) is 7.38. The van der Waals surface area contributed by atoms with Gasteiger partial charge in [0.25, 0.3) is 0 Å². The van der Waals surface area contributed by atoms with Crippen molar-refractivity contribution in [1.82, 2.24) is 20.2 Å². The zero-order chi connectivity index (χ0) is 14.9. The fourth-order valence-corrected chi connectivity index (χ4v) is 2.97. The molecule has 0 amide bonds. The predicted molar refractivity (Wildman–Crippen MR) is 80.8 cm³/mol. The normalized spacial score (nSPS) is 15.9. The molecule has 1 aromatic heterocycles. The summed E-state index contributed by atoms with van der Waals surface area (Å²) in [5.74, 6) is 1.36. The summed E-state index contributed by atoms with van der Waals surface area (Å²) >= 11 is 0. The number of anilines is 1. The molecule has 0 unspecified atom stereocenters. The van der Waals surface area contributed by atoms with Crippen molar-refractivity contribution in [3.8, 4) is 17.1 Å². The third kappa shape index (κ3) is 2.57. The second kappa shape index (κ2) is 5.35. The van der Waals surface area contributed by atoms with Gasteiger partial charge in [-0.25, -0.2) is 4.68 Å².